The number of hydrogen-bond acceptors (Lipinski definition) is 2. The summed E-state index contributed by atoms with van der Waals surface area (Å²) in [5.41, 5.74) is 0.392. The third-order valence-electron chi connectivity index (χ3n) is 2.43. The van der Waals surface area contributed by atoms with Crippen LogP contribution in [-0.4, -0.2) is 11.3 Å². The van der Waals surface area contributed by atoms with Crippen LogP contribution in [0, 0.1) is 0 Å². The molecule has 0 aliphatic carbocycles. The number of carbonyl (C=O) groups excluding carboxylic acids is 1. The third kappa shape index (κ3) is 2.56. The zero-order chi connectivity index (χ0) is 13.2. The van der Waals surface area contributed by atoms with E-state index in [2.05, 4.69) is 4.98 Å². The molecule has 2 rings (SSSR count). The Morgan fingerprint density at radius 1 is 1.06 bits per heavy atom. The molecule has 2 nitrogen and oxygen atoms in total. The quantitative estimate of drug-likeness (QED) is 0.763. The summed E-state index contributed by atoms with van der Waals surface area (Å²) in [6, 6.07) is 7.94. The Bertz CT molecular complexity index is 578. The van der Waals surface area contributed by atoms with Gasteiger partial charge in [-0.2, -0.15) is 13.2 Å². The van der Waals surface area contributed by atoms with Crippen molar-refractivity contribution in [3.63, 3.8) is 0 Å². The summed E-state index contributed by atoms with van der Waals surface area (Å²) in [6.45, 7) is 0. The van der Waals surface area contributed by atoms with Crippen LogP contribution in [0.25, 0.3) is 11.1 Å². The number of aromatic nitrogens is 1. The van der Waals surface area contributed by atoms with Crippen molar-refractivity contribution in [2.75, 3.05) is 0 Å². The Kier molecular flexibility index (Phi) is 3.14. The maximum absolute atomic E-state index is 12.6. The van der Waals surface area contributed by atoms with Gasteiger partial charge in [0.05, 0.1) is 5.56 Å². The zero-order valence-corrected chi connectivity index (χ0v) is 9.11. The van der Waals surface area contributed by atoms with E-state index in [0.717, 1.165) is 12.1 Å². The third-order valence-corrected chi connectivity index (χ3v) is 2.43. The Balaban J connectivity index is 2.47. The van der Waals surface area contributed by atoms with Crippen molar-refractivity contribution in [2.24, 2.45) is 0 Å². The number of pyridine rings is 1. The maximum Gasteiger partial charge on any atom is 0.416 e. The largest absolute Gasteiger partial charge is 0.416 e. The average molecular weight is 251 g/mol. The molecule has 18 heavy (non-hydrogen) atoms. The van der Waals surface area contributed by atoms with Crippen molar-refractivity contribution in [2.45, 2.75) is 6.18 Å². The van der Waals surface area contributed by atoms with Crippen LogP contribution < -0.4 is 0 Å². The Morgan fingerprint density at radius 2 is 1.78 bits per heavy atom. The van der Waals surface area contributed by atoms with Crippen LogP contribution in [0.5, 0.6) is 0 Å². The van der Waals surface area contributed by atoms with Gasteiger partial charge in [0.15, 0.2) is 6.29 Å². The summed E-state index contributed by atoms with van der Waals surface area (Å²) in [5, 5.41) is 0. The fraction of sp³-hybridized carbons (Fsp3) is 0.0769. The normalized spacial score (nSPS) is 11.3. The van der Waals surface area contributed by atoms with Crippen molar-refractivity contribution in [1.82, 2.24) is 4.98 Å². The van der Waals surface area contributed by atoms with Gasteiger partial charge < -0.3 is 0 Å². The van der Waals surface area contributed by atoms with Gasteiger partial charge in [0.1, 0.15) is 5.69 Å². The molecule has 0 amide bonds. The van der Waals surface area contributed by atoms with Crippen molar-refractivity contribution in [1.29, 1.82) is 0 Å². The number of carbonyl (C=O) groups is 1. The van der Waals surface area contributed by atoms with Crippen LogP contribution >= 0.6 is 0 Å². The van der Waals surface area contributed by atoms with E-state index >= 15 is 0 Å². The summed E-state index contributed by atoms with van der Waals surface area (Å²) in [5.74, 6) is 0. The number of rotatable bonds is 2. The molecule has 1 aromatic heterocycles. The highest BCUT2D eigenvalue weighted by molar-refractivity contribution is 5.76. The lowest BCUT2D eigenvalue weighted by Crippen LogP contribution is -2.04. The Labute approximate surface area is 101 Å². The molecule has 0 saturated heterocycles. The molecule has 0 aliphatic rings. The highest BCUT2D eigenvalue weighted by Gasteiger charge is 2.30. The molecule has 0 fully saturated rings. The van der Waals surface area contributed by atoms with Crippen LogP contribution in [-0.2, 0) is 6.18 Å². The minimum atomic E-state index is -4.38. The van der Waals surface area contributed by atoms with Gasteiger partial charge >= 0.3 is 6.18 Å². The van der Waals surface area contributed by atoms with E-state index in [0.29, 0.717) is 17.4 Å². The Morgan fingerprint density at radius 3 is 2.44 bits per heavy atom. The molecule has 0 atom stereocenters. The molecule has 0 aliphatic heterocycles. The van der Waals surface area contributed by atoms with Gasteiger partial charge in [-0.1, -0.05) is 12.1 Å². The van der Waals surface area contributed by atoms with Crippen molar-refractivity contribution in [3.8, 4) is 11.1 Å². The Hall–Kier alpha value is -2.17. The molecule has 2 aromatic rings. The molecule has 5 heteroatoms. The molecule has 0 saturated carbocycles. The topological polar surface area (TPSA) is 30.0 Å². The molecular weight excluding hydrogens is 243 g/mol. The fourth-order valence-corrected chi connectivity index (χ4v) is 1.57. The van der Waals surface area contributed by atoms with Crippen LogP contribution in [0.3, 0.4) is 0 Å². The first-order chi connectivity index (χ1) is 8.50. The maximum atomic E-state index is 12.6. The lowest BCUT2D eigenvalue weighted by molar-refractivity contribution is -0.137. The number of alkyl halides is 3. The van der Waals surface area contributed by atoms with E-state index in [-0.39, 0.29) is 5.69 Å². The molecule has 0 bridgehead atoms. The lowest BCUT2D eigenvalue weighted by Gasteiger charge is -2.08. The van der Waals surface area contributed by atoms with E-state index in [1.165, 1.54) is 18.3 Å². The van der Waals surface area contributed by atoms with Gasteiger partial charge in [0.2, 0.25) is 0 Å². The van der Waals surface area contributed by atoms with Gasteiger partial charge in [0.25, 0.3) is 0 Å². The molecular formula is C13H8F3NO. The summed E-state index contributed by atoms with van der Waals surface area (Å²) < 4.78 is 37.7. The first-order valence-corrected chi connectivity index (χ1v) is 5.09. The van der Waals surface area contributed by atoms with E-state index < -0.39 is 11.7 Å². The van der Waals surface area contributed by atoms with Crippen LogP contribution in [0.15, 0.2) is 42.6 Å². The van der Waals surface area contributed by atoms with E-state index in [1.54, 1.807) is 12.1 Å². The second-order valence-corrected chi connectivity index (χ2v) is 3.67. The number of aldehydes is 1. The van der Waals surface area contributed by atoms with E-state index in [9.17, 15) is 18.0 Å². The second kappa shape index (κ2) is 4.60. The number of nitrogens with zero attached hydrogens (tertiary/aromatic N) is 1. The van der Waals surface area contributed by atoms with Crippen molar-refractivity contribution in [3.05, 3.63) is 53.9 Å². The monoisotopic (exact) mass is 251 g/mol. The minimum absolute atomic E-state index is 0.185. The van der Waals surface area contributed by atoms with Crippen molar-refractivity contribution < 1.29 is 18.0 Å². The molecule has 0 unspecified atom stereocenters. The first-order valence-electron chi connectivity index (χ1n) is 5.09. The minimum Gasteiger partial charge on any atom is -0.296 e. The second-order valence-electron chi connectivity index (χ2n) is 3.67. The number of hydrogen-bond donors (Lipinski definition) is 0. The van der Waals surface area contributed by atoms with E-state index in [4.69, 9.17) is 0 Å². The molecule has 0 spiro atoms. The molecule has 1 heterocycles. The summed E-state index contributed by atoms with van der Waals surface area (Å²) in [7, 11) is 0. The molecule has 0 N–H and O–H groups in total. The molecule has 1 aromatic carbocycles. The summed E-state index contributed by atoms with van der Waals surface area (Å²) in [6.07, 6.45) is -2.44. The standard InChI is InChI=1S/C13H8F3NO/c14-13(15,16)11-3-1-2-9(6-11)10-4-5-17-12(7-10)8-18/h1-8H. The number of halogens is 3. The highest BCUT2D eigenvalue weighted by Crippen LogP contribution is 2.32. The van der Waals surface area contributed by atoms with Gasteiger partial charge in [0, 0.05) is 6.20 Å². The van der Waals surface area contributed by atoms with Gasteiger partial charge in [-0.3, -0.25) is 9.78 Å². The predicted octanol–water partition coefficient (Wildman–Crippen LogP) is 3.58. The van der Waals surface area contributed by atoms with Crippen LogP contribution in [0.2, 0.25) is 0 Å². The van der Waals surface area contributed by atoms with Gasteiger partial charge in [-0.25, -0.2) is 0 Å². The summed E-state index contributed by atoms with van der Waals surface area (Å²) in [4.78, 5) is 14.3. The van der Waals surface area contributed by atoms with Gasteiger partial charge in [-0.15, -0.1) is 0 Å². The van der Waals surface area contributed by atoms with Crippen molar-refractivity contribution >= 4 is 6.29 Å². The van der Waals surface area contributed by atoms with Gasteiger partial charge in [-0.05, 0) is 35.4 Å². The lowest BCUT2D eigenvalue weighted by atomic mass is 10.0. The average Bonchev–Trinajstić information content (AvgIpc) is 2.38. The zero-order valence-electron chi connectivity index (χ0n) is 9.11. The fourth-order valence-electron chi connectivity index (χ4n) is 1.57. The van der Waals surface area contributed by atoms with Crippen LogP contribution in [0.1, 0.15) is 16.1 Å². The molecule has 0 radical (unpaired) electrons. The first kappa shape index (κ1) is 12.3. The number of benzene rings is 1. The molecule has 92 valence electrons. The van der Waals surface area contributed by atoms with Crippen LogP contribution in [0.4, 0.5) is 13.2 Å². The smallest absolute Gasteiger partial charge is 0.296 e. The van der Waals surface area contributed by atoms with E-state index in [1.807, 2.05) is 0 Å². The highest BCUT2D eigenvalue weighted by atomic mass is 19.4. The SMILES string of the molecule is O=Cc1cc(-c2cccc(C(F)(F)F)c2)ccn1. The predicted molar refractivity (Wildman–Crippen MR) is 60.1 cm³/mol. The summed E-state index contributed by atoms with van der Waals surface area (Å²) >= 11 is 0.